The molecule has 0 bridgehead atoms. The average Bonchev–Trinajstić information content (AvgIpc) is 2.36. The number of rotatable bonds is 3. The van der Waals surface area contributed by atoms with Gasteiger partial charge >= 0.3 is 0 Å². The van der Waals surface area contributed by atoms with Gasteiger partial charge in [0.05, 0.1) is 6.10 Å². The van der Waals surface area contributed by atoms with Crippen molar-refractivity contribution in [1.82, 2.24) is 4.57 Å². The van der Waals surface area contributed by atoms with E-state index in [1.165, 1.54) is 5.69 Å². The summed E-state index contributed by atoms with van der Waals surface area (Å²) >= 11 is 0. The van der Waals surface area contributed by atoms with Gasteiger partial charge in [-0.1, -0.05) is 0 Å². The molecule has 0 saturated heterocycles. The van der Waals surface area contributed by atoms with Gasteiger partial charge in [-0.25, -0.2) is 0 Å². The quantitative estimate of drug-likeness (QED) is 0.648. The monoisotopic (exact) mass is 153 g/mol. The van der Waals surface area contributed by atoms with E-state index in [2.05, 4.69) is 17.6 Å². The molecule has 0 amide bonds. The molecule has 11 heavy (non-hydrogen) atoms. The smallest absolute Gasteiger partial charge is 0.0946 e. The molecule has 1 rings (SSSR count). The van der Waals surface area contributed by atoms with Crippen molar-refractivity contribution in [1.29, 1.82) is 0 Å². The molecule has 1 aromatic rings. The molecular weight excluding hydrogens is 138 g/mol. The third-order valence-electron chi connectivity index (χ3n) is 1.82. The fraction of sp³-hybridized carbons (Fsp3) is 0.556. The zero-order chi connectivity index (χ0) is 8.27. The summed E-state index contributed by atoms with van der Waals surface area (Å²) in [6.07, 6.45) is 2.24. The first-order chi connectivity index (χ1) is 5.25. The summed E-state index contributed by atoms with van der Waals surface area (Å²) in [5.74, 6) is 0. The molecule has 0 fully saturated rings. The summed E-state index contributed by atoms with van der Waals surface area (Å²) < 4.78 is 7.53. The molecule has 0 aliphatic heterocycles. The molecule has 0 spiro atoms. The van der Waals surface area contributed by atoms with E-state index >= 15 is 0 Å². The van der Waals surface area contributed by atoms with Crippen LogP contribution >= 0.6 is 0 Å². The number of hydrogen-bond donors (Lipinski definition) is 0. The second-order valence-corrected chi connectivity index (χ2v) is 2.64. The van der Waals surface area contributed by atoms with Crippen LogP contribution in [-0.4, -0.2) is 11.2 Å². The lowest BCUT2D eigenvalue weighted by Crippen LogP contribution is -2.04. The molecule has 1 heterocycles. The highest BCUT2D eigenvalue weighted by Gasteiger charge is 2.06. The predicted molar refractivity (Wildman–Crippen MR) is 45.5 cm³/mol. The molecule has 0 aliphatic carbocycles. The van der Waals surface area contributed by atoms with Gasteiger partial charge < -0.3 is 9.30 Å². The Kier molecular flexibility index (Phi) is 2.71. The van der Waals surface area contributed by atoms with Crippen molar-refractivity contribution >= 4 is 0 Å². The van der Waals surface area contributed by atoms with Crippen LogP contribution in [0.3, 0.4) is 0 Å². The summed E-state index contributed by atoms with van der Waals surface area (Å²) in [6.45, 7) is 4.85. The Labute approximate surface area is 67.8 Å². The Morgan fingerprint density at radius 3 is 2.82 bits per heavy atom. The summed E-state index contributed by atoms with van der Waals surface area (Å²) in [4.78, 5) is 0. The van der Waals surface area contributed by atoms with Crippen molar-refractivity contribution in [3.8, 4) is 0 Å². The zero-order valence-corrected chi connectivity index (χ0v) is 7.37. The SMILES string of the molecule is CCO[C@@H](C)c1cccn1C. The van der Waals surface area contributed by atoms with Crippen LogP contribution in [0.25, 0.3) is 0 Å². The predicted octanol–water partition coefficient (Wildman–Crippen LogP) is 2.12. The van der Waals surface area contributed by atoms with Crippen LogP contribution in [0.5, 0.6) is 0 Å². The third-order valence-corrected chi connectivity index (χ3v) is 1.82. The minimum absolute atomic E-state index is 0.208. The first kappa shape index (κ1) is 8.34. The van der Waals surface area contributed by atoms with Crippen LogP contribution in [0.2, 0.25) is 0 Å². The van der Waals surface area contributed by atoms with Crippen LogP contribution in [0.1, 0.15) is 25.6 Å². The van der Waals surface area contributed by atoms with Crippen LogP contribution < -0.4 is 0 Å². The zero-order valence-electron chi connectivity index (χ0n) is 7.37. The summed E-state index contributed by atoms with van der Waals surface area (Å²) in [5.41, 5.74) is 1.23. The van der Waals surface area contributed by atoms with E-state index in [0.29, 0.717) is 0 Å². The number of hydrogen-bond acceptors (Lipinski definition) is 1. The minimum Gasteiger partial charge on any atom is -0.373 e. The van der Waals surface area contributed by atoms with Crippen molar-refractivity contribution in [2.45, 2.75) is 20.0 Å². The Morgan fingerprint density at radius 2 is 2.36 bits per heavy atom. The van der Waals surface area contributed by atoms with E-state index in [-0.39, 0.29) is 6.10 Å². The Bertz CT molecular complexity index is 217. The highest BCUT2D eigenvalue weighted by Crippen LogP contribution is 2.15. The van der Waals surface area contributed by atoms with Crippen LogP contribution in [0.15, 0.2) is 18.3 Å². The fourth-order valence-corrected chi connectivity index (χ4v) is 1.23. The van der Waals surface area contributed by atoms with E-state index in [1.807, 2.05) is 26.2 Å². The second-order valence-electron chi connectivity index (χ2n) is 2.64. The molecule has 1 aromatic heterocycles. The lowest BCUT2D eigenvalue weighted by Gasteiger charge is -2.12. The summed E-state index contributed by atoms with van der Waals surface area (Å²) in [6, 6.07) is 4.12. The highest BCUT2D eigenvalue weighted by molar-refractivity contribution is 5.08. The van der Waals surface area contributed by atoms with Crippen molar-refractivity contribution in [2.24, 2.45) is 7.05 Å². The number of aromatic nitrogens is 1. The van der Waals surface area contributed by atoms with E-state index < -0.39 is 0 Å². The molecule has 0 unspecified atom stereocenters. The first-order valence-corrected chi connectivity index (χ1v) is 3.98. The van der Waals surface area contributed by atoms with Gasteiger partial charge in [0, 0.05) is 25.5 Å². The summed E-state index contributed by atoms with van der Waals surface area (Å²) in [5, 5.41) is 0. The van der Waals surface area contributed by atoms with Gasteiger partial charge in [0.15, 0.2) is 0 Å². The maximum Gasteiger partial charge on any atom is 0.0946 e. The van der Waals surface area contributed by atoms with Gasteiger partial charge in [0.1, 0.15) is 0 Å². The molecule has 0 radical (unpaired) electrons. The first-order valence-electron chi connectivity index (χ1n) is 3.98. The van der Waals surface area contributed by atoms with Crippen molar-refractivity contribution in [3.63, 3.8) is 0 Å². The van der Waals surface area contributed by atoms with Crippen LogP contribution in [-0.2, 0) is 11.8 Å². The fourth-order valence-electron chi connectivity index (χ4n) is 1.23. The van der Waals surface area contributed by atoms with E-state index in [0.717, 1.165) is 6.61 Å². The molecule has 0 saturated carbocycles. The van der Waals surface area contributed by atoms with Gasteiger partial charge in [0.2, 0.25) is 0 Å². The third kappa shape index (κ3) is 1.84. The van der Waals surface area contributed by atoms with Crippen molar-refractivity contribution in [3.05, 3.63) is 24.0 Å². The van der Waals surface area contributed by atoms with E-state index in [9.17, 15) is 0 Å². The Balaban J connectivity index is 2.67. The molecular formula is C9H15NO. The summed E-state index contributed by atoms with van der Waals surface area (Å²) in [7, 11) is 2.03. The minimum atomic E-state index is 0.208. The van der Waals surface area contributed by atoms with Gasteiger partial charge in [-0.3, -0.25) is 0 Å². The van der Waals surface area contributed by atoms with Gasteiger partial charge in [-0.2, -0.15) is 0 Å². The lowest BCUT2D eigenvalue weighted by molar-refractivity contribution is 0.0714. The second kappa shape index (κ2) is 3.58. The molecule has 0 aromatic carbocycles. The Morgan fingerprint density at radius 1 is 1.64 bits per heavy atom. The van der Waals surface area contributed by atoms with Gasteiger partial charge in [-0.05, 0) is 26.0 Å². The maximum absolute atomic E-state index is 5.45. The normalized spacial score (nSPS) is 13.4. The van der Waals surface area contributed by atoms with E-state index in [4.69, 9.17) is 4.74 Å². The molecule has 0 aliphatic rings. The van der Waals surface area contributed by atoms with Crippen molar-refractivity contribution in [2.75, 3.05) is 6.61 Å². The largest absolute Gasteiger partial charge is 0.373 e. The van der Waals surface area contributed by atoms with Crippen molar-refractivity contribution < 1.29 is 4.74 Å². The molecule has 2 nitrogen and oxygen atoms in total. The van der Waals surface area contributed by atoms with Gasteiger partial charge in [-0.15, -0.1) is 0 Å². The maximum atomic E-state index is 5.45. The average molecular weight is 153 g/mol. The molecule has 62 valence electrons. The van der Waals surface area contributed by atoms with Gasteiger partial charge in [0.25, 0.3) is 0 Å². The Hall–Kier alpha value is -0.760. The lowest BCUT2D eigenvalue weighted by atomic mass is 10.3. The number of nitrogens with zero attached hydrogens (tertiary/aromatic N) is 1. The number of ether oxygens (including phenoxy) is 1. The van der Waals surface area contributed by atoms with E-state index in [1.54, 1.807) is 0 Å². The molecule has 0 N–H and O–H groups in total. The molecule has 1 atom stereocenters. The topological polar surface area (TPSA) is 14.2 Å². The van der Waals surface area contributed by atoms with Crippen LogP contribution in [0, 0.1) is 0 Å². The van der Waals surface area contributed by atoms with Crippen LogP contribution in [0.4, 0.5) is 0 Å². The highest BCUT2D eigenvalue weighted by atomic mass is 16.5. The number of aryl methyl sites for hydroxylation is 1. The standard InChI is InChI=1S/C9H15NO/c1-4-11-8(2)9-6-5-7-10(9)3/h5-8H,4H2,1-3H3/t8-/m0/s1. The molecule has 2 heteroatoms.